The van der Waals surface area contributed by atoms with Crippen molar-refractivity contribution < 1.29 is 19.0 Å². The second kappa shape index (κ2) is 10.1. The molecular weight excluding hydrogens is 425 g/mol. The maximum Gasteiger partial charge on any atom is 0.175 e. The Bertz CT molecular complexity index is 743. The lowest BCUT2D eigenvalue weighted by molar-refractivity contribution is 0.191. The molecule has 2 aromatic rings. The van der Waals surface area contributed by atoms with Crippen molar-refractivity contribution in [3.8, 4) is 11.5 Å². The van der Waals surface area contributed by atoms with Crippen molar-refractivity contribution in [2.75, 3.05) is 13.2 Å². The van der Waals surface area contributed by atoms with E-state index in [2.05, 4.69) is 21.2 Å². The summed E-state index contributed by atoms with van der Waals surface area (Å²) in [7, 11) is 0. The molecule has 4 nitrogen and oxygen atoms in total. The molecule has 142 valence electrons. The summed E-state index contributed by atoms with van der Waals surface area (Å²) in [6.45, 7) is 5.40. The van der Waals surface area contributed by atoms with Gasteiger partial charge in [-0.1, -0.05) is 17.7 Å². The fraction of sp³-hybridized carbons (Fsp3) is 0.368. The van der Waals surface area contributed by atoms with Gasteiger partial charge in [0, 0.05) is 18.7 Å². The largest absolute Gasteiger partial charge is 0.490 e. The van der Waals surface area contributed by atoms with Gasteiger partial charge in [0.05, 0.1) is 22.2 Å². The first-order valence-corrected chi connectivity index (χ1v) is 9.48. The Kier molecular flexibility index (Phi) is 8.15. The molecule has 1 unspecified atom stereocenters. The molecule has 1 atom stereocenters. The molecule has 0 fully saturated rings. The number of aliphatic hydroxyl groups excluding tert-OH is 1. The van der Waals surface area contributed by atoms with Crippen molar-refractivity contribution >= 4 is 27.5 Å². The number of halogens is 3. The van der Waals surface area contributed by atoms with Crippen molar-refractivity contribution in [1.29, 1.82) is 0 Å². The van der Waals surface area contributed by atoms with Crippen molar-refractivity contribution in [2.24, 2.45) is 0 Å². The normalized spacial score (nSPS) is 12.1. The topological polar surface area (TPSA) is 50.7 Å². The van der Waals surface area contributed by atoms with Gasteiger partial charge < -0.3 is 19.9 Å². The summed E-state index contributed by atoms with van der Waals surface area (Å²) in [5.41, 5.74) is 1.68. The maximum absolute atomic E-state index is 13.2. The van der Waals surface area contributed by atoms with Gasteiger partial charge in [-0.15, -0.1) is 0 Å². The highest BCUT2D eigenvalue weighted by Crippen LogP contribution is 2.37. The predicted octanol–water partition coefficient (Wildman–Crippen LogP) is 4.69. The van der Waals surface area contributed by atoms with E-state index in [1.54, 1.807) is 13.0 Å². The molecule has 0 saturated heterocycles. The number of ether oxygens (including phenoxy) is 2. The quantitative estimate of drug-likeness (QED) is 0.587. The van der Waals surface area contributed by atoms with E-state index >= 15 is 0 Å². The van der Waals surface area contributed by atoms with E-state index in [1.165, 1.54) is 12.1 Å². The van der Waals surface area contributed by atoms with Crippen LogP contribution in [0.2, 0.25) is 5.02 Å². The summed E-state index contributed by atoms with van der Waals surface area (Å²) in [6.07, 6.45) is -0.409. The van der Waals surface area contributed by atoms with Crippen LogP contribution in [0.15, 0.2) is 34.8 Å². The minimum Gasteiger partial charge on any atom is -0.490 e. The molecular formula is C19H22BrClFNO3. The third-order valence-corrected chi connectivity index (χ3v) is 4.47. The molecule has 2 rings (SSSR count). The number of aliphatic hydroxyl groups is 1. The summed E-state index contributed by atoms with van der Waals surface area (Å²) in [6, 6.07) is 8.03. The van der Waals surface area contributed by atoms with E-state index in [9.17, 15) is 9.50 Å². The SMILES string of the molecule is CCOc1cc(CNCC(C)O)cc(Br)c1OCc1ccc(F)cc1Cl. The van der Waals surface area contributed by atoms with Gasteiger partial charge in [0.1, 0.15) is 12.4 Å². The first-order chi connectivity index (χ1) is 12.4. The number of hydrogen-bond acceptors (Lipinski definition) is 4. The van der Waals surface area contributed by atoms with Crippen LogP contribution in [0.4, 0.5) is 4.39 Å². The van der Waals surface area contributed by atoms with Crippen LogP contribution in [0, 0.1) is 5.82 Å². The summed E-state index contributed by atoms with van der Waals surface area (Å²) < 4.78 is 25.5. The highest BCUT2D eigenvalue weighted by atomic mass is 79.9. The predicted molar refractivity (Wildman–Crippen MR) is 104 cm³/mol. The maximum atomic E-state index is 13.2. The summed E-state index contributed by atoms with van der Waals surface area (Å²) in [5.74, 6) is 0.782. The first-order valence-electron chi connectivity index (χ1n) is 8.31. The standard InChI is InChI=1S/C19H22BrClFNO3/c1-3-25-18-7-13(10-23-9-12(2)24)6-16(20)19(18)26-11-14-4-5-15(22)8-17(14)21/h4-8,12,23-24H,3,9-11H2,1-2H3. The van der Waals surface area contributed by atoms with Crippen LogP contribution in [0.1, 0.15) is 25.0 Å². The van der Waals surface area contributed by atoms with Gasteiger partial charge in [0.25, 0.3) is 0 Å². The van der Waals surface area contributed by atoms with E-state index in [0.29, 0.717) is 41.8 Å². The number of hydrogen-bond donors (Lipinski definition) is 2. The highest BCUT2D eigenvalue weighted by Gasteiger charge is 2.14. The monoisotopic (exact) mass is 445 g/mol. The lowest BCUT2D eigenvalue weighted by Crippen LogP contribution is -2.23. The van der Waals surface area contributed by atoms with Crippen molar-refractivity contribution in [1.82, 2.24) is 5.32 Å². The van der Waals surface area contributed by atoms with Gasteiger partial charge >= 0.3 is 0 Å². The minimum atomic E-state index is -0.409. The van der Waals surface area contributed by atoms with Crippen molar-refractivity contribution in [3.63, 3.8) is 0 Å². The Morgan fingerprint density at radius 1 is 1.27 bits per heavy atom. The van der Waals surface area contributed by atoms with Crippen molar-refractivity contribution in [2.45, 2.75) is 33.1 Å². The van der Waals surface area contributed by atoms with Gasteiger partial charge in [-0.2, -0.15) is 0 Å². The molecule has 0 aliphatic heterocycles. The lowest BCUT2D eigenvalue weighted by Gasteiger charge is -2.16. The Labute approximate surface area is 166 Å². The van der Waals surface area contributed by atoms with E-state index in [0.717, 1.165) is 10.0 Å². The summed E-state index contributed by atoms with van der Waals surface area (Å²) in [5, 5.41) is 12.8. The molecule has 0 aromatic heterocycles. The Hall–Kier alpha value is -1.34. The smallest absolute Gasteiger partial charge is 0.175 e. The fourth-order valence-electron chi connectivity index (χ4n) is 2.34. The Balaban J connectivity index is 2.15. The molecule has 0 amide bonds. The summed E-state index contributed by atoms with van der Waals surface area (Å²) in [4.78, 5) is 0. The molecule has 26 heavy (non-hydrogen) atoms. The van der Waals surface area contributed by atoms with Crippen LogP contribution in [0.5, 0.6) is 11.5 Å². The Morgan fingerprint density at radius 2 is 2.04 bits per heavy atom. The molecule has 0 aliphatic rings. The molecule has 0 aliphatic carbocycles. The van der Waals surface area contributed by atoms with E-state index < -0.39 is 6.10 Å². The van der Waals surface area contributed by atoms with Gasteiger partial charge in [-0.05, 0) is 59.6 Å². The van der Waals surface area contributed by atoms with Crippen LogP contribution in [-0.4, -0.2) is 24.4 Å². The highest BCUT2D eigenvalue weighted by molar-refractivity contribution is 9.10. The third kappa shape index (κ3) is 6.13. The second-order valence-electron chi connectivity index (χ2n) is 5.84. The van der Waals surface area contributed by atoms with Crippen molar-refractivity contribution in [3.05, 3.63) is 56.8 Å². The molecule has 7 heteroatoms. The zero-order valence-electron chi connectivity index (χ0n) is 14.7. The molecule has 0 saturated carbocycles. The van der Waals surface area contributed by atoms with Crippen LogP contribution in [0.3, 0.4) is 0 Å². The average molecular weight is 447 g/mol. The summed E-state index contributed by atoms with van der Waals surface area (Å²) >= 11 is 9.57. The molecule has 0 radical (unpaired) electrons. The minimum absolute atomic E-state index is 0.192. The molecule has 2 N–H and O–H groups in total. The van der Waals surface area contributed by atoms with E-state index in [4.69, 9.17) is 21.1 Å². The van der Waals surface area contributed by atoms with E-state index in [1.807, 2.05) is 19.1 Å². The molecule has 0 spiro atoms. The van der Waals surface area contributed by atoms with Gasteiger partial charge in [-0.3, -0.25) is 0 Å². The number of benzene rings is 2. The van der Waals surface area contributed by atoms with Crippen LogP contribution < -0.4 is 14.8 Å². The van der Waals surface area contributed by atoms with E-state index in [-0.39, 0.29) is 12.4 Å². The van der Waals surface area contributed by atoms with Gasteiger partial charge in [-0.25, -0.2) is 4.39 Å². The first kappa shape index (κ1) is 21.0. The van der Waals surface area contributed by atoms with Crippen LogP contribution in [-0.2, 0) is 13.2 Å². The zero-order valence-corrected chi connectivity index (χ0v) is 17.0. The third-order valence-electron chi connectivity index (χ3n) is 3.53. The van der Waals surface area contributed by atoms with Crippen LogP contribution >= 0.6 is 27.5 Å². The number of rotatable bonds is 9. The lowest BCUT2D eigenvalue weighted by atomic mass is 10.2. The second-order valence-corrected chi connectivity index (χ2v) is 7.10. The molecule has 0 bridgehead atoms. The Morgan fingerprint density at radius 3 is 2.69 bits per heavy atom. The van der Waals surface area contributed by atoms with Gasteiger partial charge in [0.2, 0.25) is 0 Å². The van der Waals surface area contributed by atoms with Gasteiger partial charge in [0.15, 0.2) is 11.5 Å². The average Bonchev–Trinajstić information content (AvgIpc) is 2.55. The fourth-order valence-corrected chi connectivity index (χ4v) is 3.17. The molecule has 0 heterocycles. The number of nitrogens with one attached hydrogen (secondary N) is 1. The van der Waals surface area contributed by atoms with Crippen LogP contribution in [0.25, 0.3) is 0 Å². The molecule has 2 aromatic carbocycles. The zero-order chi connectivity index (χ0) is 19.1.